The number of likely N-dealkylation sites (tertiary alicyclic amines) is 1. The van der Waals surface area contributed by atoms with Crippen molar-refractivity contribution < 1.29 is 24.2 Å². The maximum atomic E-state index is 13.0. The van der Waals surface area contributed by atoms with Crippen LogP contribution < -0.4 is 5.32 Å². The monoisotopic (exact) mass is 482 g/mol. The molecule has 2 amide bonds. The van der Waals surface area contributed by atoms with Gasteiger partial charge in [0, 0.05) is 24.9 Å². The molecule has 2 atom stereocenters. The first-order valence-electron chi connectivity index (χ1n) is 11.5. The van der Waals surface area contributed by atoms with Gasteiger partial charge in [-0.3, -0.25) is 9.59 Å². The predicted molar refractivity (Wildman–Crippen MR) is 132 cm³/mol. The minimum Gasteiger partial charge on any atom is -0.481 e. The number of nitrogens with one attached hydrogen (secondary N) is 1. The van der Waals surface area contributed by atoms with Crippen LogP contribution in [-0.4, -0.2) is 65.7 Å². The number of ether oxygens (including phenoxy) is 1. The van der Waals surface area contributed by atoms with E-state index in [4.69, 9.17) is 4.74 Å². The first-order chi connectivity index (χ1) is 16.4. The molecule has 1 saturated heterocycles. The van der Waals surface area contributed by atoms with Gasteiger partial charge in [-0.25, -0.2) is 4.79 Å². The second-order valence-corrected chi connectivity index (χ2v) is 9.92. The van der Waals surface area contributed by atoms with E-state index in [9.17, 15) is 19.5 Å². The van der Waals surface area contributed by atoms with Gasteiger partial charge in [-0.1, -0.05) is 55.5 Å². The van der Waals surface area contributed by atoms with Gasteiger partial charge >= 0.3 is 12.1 Å². The lowest BCUT2D eigenvalue weighted by Crippen LogP contribution is -2.59. The molecular formula is C26H30N2O5S. The number of rotatable bonds is 9. The quantitative estimate of drug-likeness (QED) is 0.564. The fourth-order valence-electron chi connectivity index (χ4n) is 4.71. The summed E-state index contributed by atoms with van der Waals surface area (Å²) in [4.78, 5) is 38.5. The van der Waals surface area contributed by atoms with E-state index in [1.165, 1.54) is 0 Å². The van der Waals surface area contributed by atoms with Gasteiger partial charge in [-0.05, 0) is 40.7 Å². The SMILES string of the molecule is CSCC[C@H](NC(=O)OCC1c2ccccc2-c2ccccc21)C(=O)N1CC(C(C)C(=O)O)C1. The summed E-state index contributed by atoms with van der Waals surface area (Å²) in [6, 6.07) is 15.6. The molecule has 4 rings (SSSR count). The van der Waals surface area contributed by atoms with E-state index in [1.807, 2.05) is 30.5 Å². The van der Waals surface area contributed by atoms with E-state index < -0.39 is 24.0 Å². The van der Waals surface area contributed by atoms with Crippen molar-refractivity contribution in [1.82, 2.24) is 10.2 Å². The Bertz CT molecular complexity index is 1020. The van der Waals surface area contributed by atoms with E-state index >= 15 is 0 Å². The lowest BCUT2D eigenvalue weighted by molar-refractivity contribution is -0.151. The maximum Gasteiger partial charge on any atom is 0.407 e. The molecule has 34 heavy (non-hydrogen) atoms. The second kappa shape index (κ2) is 10.5. The lowest BCUT2D eigenvalue weighted by atomic mass is 9.86. The van der Waals surface area contributed by atoms with Crippen LogP contribution in [0.15, 0.2) is 48.5 Å². The molecule has 1 aliphatic carbocycles. The first kappa shape index (κ1) is 24.1. The van der Waals surface area contributed by atoms with Gasteiger partial charge in [-0.2, -0.15) is 11.8 Å². The number of carbonyl (C=O) groups is 3. The van der Waals surface area contributed by atoms with Crippen molar-refractivity contribution in [3.8, 4) is 11.1 Å². The molecule has 0 spiro atoms. The molecule has 2 aromatic carbocycles. The average molecular weight is 483 g/mol. The largest absolute Gasteiger partial charge is 0.481 e. The molecule has 0 bridgehead atoms. The highest BCUT2D eigenvalue weighted by Crippen LogP contribution is 2.44. The number of carboxylic acid groups (broad SMARTS) is 1. The summed E-state index contributed by atoms with van der Waals surface area (Å²) in [5.41, 5.74) is 4.57. The summed E-state index contributed by atoms with van der Waals surface area (Å²) in [5.74, 6) is -0.930. The third-order valence-electron chi connectivity index (χ3n) is 6.86. The number of aliphatic carboxylic acids is 1. The summed E-state index contributed by atoms with van der Waals surface area (Å²) >= 11 is 1.60. The summed E-state index contributed by atoms with van der Waals surface area (Å²) < 4.78 is 5.62. The number of benzene rings is 2. The number of hydrogen-bond acceptors (Lipinski definition) is 5. The number of carbonyl (C=O) groups excluding carboxylic acids is 2. The Morgan fingerprint density at radius 1 is 1.09 bits per heavy atom. The fraction of sp³-hybridized carbons (Fsp3) is 0.423. The number of thioether (sulfide) groups is 1. The van der Waals surface area contributed by atoms with Crippen LogP contribution in [0.4, 0.5) is 4.79 Å². The number of carboxylic acids is 1. The second-order valence-electron chi connectivity index (χ2n) is 8.93. The van der Waals surface area contributed by atoms with Crippen molar-refractivity contribution in [2.75, 3.05) is 31.7 Å². The van der Waals surface area contributed by atoms with Gasteiger partial charge in [0.05, 0.1) is 5.92 Å². The standard InChI is InChI=1S/C26H30N2O5S/c1-16(25(30)31)17-13-28(14-17)24(29)23(11-12-34-2)27-26(32)33-15-22-20-9-5-3-7-18(20)19-8-4-6-10-21(19)22/h3-10,16-17,22-23H,11-15H2,1-2H3,(H,27,32)(H,30,31)/t16?,23-/m0/s1. The molecule has 8 heteroatoms. The van der Waals surface area contributed by atoms with Crippen LogP contribution in [0.3, 0.4) is 0 Å². The summed E-state index contributed by atoms with van der Waals surface area (Å²) in [6.07, 6.45) is 1.82. The van der Waals surface area contributed by atoms with Gasteiger partial charge in [0.2, 0.25) is 5.91 Å². The Kier molecular flexibility index (Phi) is 7.46. The third kappa shape index (κ3) is 4.92. The van der Waals surface area contributed by atoms with Crippen molar-refractivity contribution in [3.63, 3.8) is 0 Å². The van der Waals surface area contributed by atoms with Crippen LogP contribution in [-0.2, 0) is 14.3 Å². The van der Waals surface area contributed by atoms with E-state index in [-0.39, 0.29) is 24.3 Å². The zero-order valence-electron chi connectivity index (χ0n) is 19.4. The predicted octanol–water partition coefficient (Wildman–Crippen LogP) is 3.83. The highest BCUT2D eigenvalue weighted by atomic mass is 32.2. The minimum atomic E-state index is -0.854. The Morgan fingerprint density at radius 2 is 1.68 bits per heavy atom. The van der Waals surface area contributed by atoms with Crippen LogP contribution >= 0.6 is 11.8 Å². The van der Waals surface area contributed by atoms with Crippen LogP contribution in [0.5, 0.6) is 0 Å². The zero-order chi connectivity index (χ0) is 24.2. The summed E-state index contributed by atoms with van der Waals surface area (Å²) in [5, 5.41) is 11.9. The van der Waals surface area contributed by atoms with E-state index in [0.29, 0.717) is 25.3 Å². The van der Waals surface area contributed by atoms with Crippen LogP contribution in [0.2, 0.25) is 0 Å². The molecule has 0 saturated carbocycles. The van der Waals surface area contributed by atoms with Crippen molar-refractivity contribution in [3.05, 3.63) is 59.7 Å². The zero-order valence-corrected chi connectivity index (χ0v) is 20.2. The van der Waals surface area contributed by atoms with Gasteiger partial charge in [0.25, 0.3) is 0 Å². The van der Waals surface area contributed by atoms with E-state index in [2.05, 4.69) is 29.6 Å². The molecule has 1 aliphatic heterocycles. The Morgan fingerprint density at radius 3 is 2.24 bits per heavy atom. The van der Waals surface area contributed by atoms with Gasteiger partial charge in [0.1, 0.15) is 12.6 Å². The molecule has 2 aliphatic rings. The molecule has 1 fully saturated rings. The Hall–Kier alpha value is -3.00. The molecule has 2 aromatic rings. The van der Waals surface area contributed by atoms with Gasteiger partial charge < -0.3 is 20.1 Å². The number of alkyl carbamates (subject to hydrolysis) is 1. The molecule has 2 N–H and O–H groups in total. The van der Waals surface area contributed by atoms with Crippen LogP contribution in [0, 0.1) is 11.8 Å². The van der Waals surface area contributed by atoms with Crippen LogP contribution in [0.1, 0.15) is 30.4 Å². The smallest absolute Gasteiger partial charge is 0.407 e. The number of nitrogens with zero attached hydrogens (tertiary/aromatic N) is 1. The fourth-order valence-corrected chi connectivity index (χ4v) is 5.18. The Labute approximate surface area is 203 Å². The average Bonchev–Trinajstić information content (AvgIpc) is 3.13. The van der Waals surface area contributed by atoms with Gasteiger partial charge in [-0.15, -0.1) is 0 Å². The molecule has 0 aromatic heterocycles. The molecule has 180 valence electrons. The maximum absolute atomic E-state index is 13.0. The van der Waals surface area contributed by atoms with Crippen molar-refractivity contribution in [2.24, 2.45) is 11.8 Å². The molecule has 0 radical (unpaired) electrons. The van der Waals surface area contributed by atoms with Gasteiger partial charge in [0.15, 0.2) is 0 Å². The number of hydrogen-bond donors (Lipinski definition) is 2. The third-order valence-corrected chi connectivity index (χ3v) is 7.51. The first-order valence-corrected chi connectivity index (χ1v) is 12.9. The highest BCUT2D eigenvalue weighted by molar-refractivity contribution is 7.98. The number of fused-ring (bicyclic) bond motifs is 3. The molecule has 7 nitrogen and oxygen atoms in total. The topological polar surface area (TPSA) is 95.9 Å². The van der Waals surface area contributed by atoms with Crippen molar-refractivity contribution >= 4 is 29.7 Å². The minimum absolute atomic E-state index is 0.0489. The van der Waals surface area contributed by atoms with Crippen LogP contribution in [0.25, 0.3) is 11.1 Å². The van der Waals surface area contributed by atoms with Crippen molar-refractivity contribution in [1.29, 1.82) is 0 Å². The normalized spacial score (nSPS) is 16.7. The molecular weight excluding hydrogens is 452 g/mol. The van der Waals surface area contributed by atoms with E-state index in [1.54, 1.807) is 23.6 Å². The molecule has 1 unspecified atom stereocenters. The lowest BCUT2D eigenvalue weighted by Gasteiger charge is -2.42. The number of amides is 2. The Balaban J connectivity index is 1.37. The highest BCUT2D eigenvalue weighted by Gasteiger charge is 2.39. The summed E-state index contributed by atoms with van der Waals surface area (Å²) in [6.45, 7) is 2.64. The molecule has 1 heterocycles. The van der Waals surface area contributed by atoms with Crippen molar-refractivity contribution in [2.45, 2.75) is 25.3 Å². The summed E-state index contributed by atoms with van der Waals surface area (Å²) in [7, 11) is 0. The van der Waals surface area contributed by atoms with E-state index in [0.717, 1.165) is 22.3 Å².